The van der Waals surface area contributed by atoms with Gasteiger partial charge in [0.1, 0.15) is 0 Å². The Morgan fingerprint density at radius 2 is 1.78 bits per heavy atom. The number of fused-ring (bicyclic) bond motifs is 1. The Morgan fingerprint density at radius 1 is 1.11 bits per heavy atom. The Hall–Kier alpha value is -3.21. The largest absolute Gasteiger partial charge is 0.325 e. The van der Waals surface area contributed by atoms with Gasteiger partial charge in [-0.1, -0.05) is 69.3 Å². The Labute approximate surface area is 159 Å². The van der Waals surface area contributed by atoms with Crippen LogP contribution in [0.4, 0.5) is 5.69 Å². The molecule has 2 aromatic carbocycles. The van der Waals surface area contributed by atoms with Gasteiger partial charge in [0.05, 0.1) is 16.9 Å². The van der Waals surface area contributed by atoms with E-state index in [-0.39, 0.29) is 11.4 Å². The fraction of sp³-hybridized carbons (Fsp3) is 0.227. The summed E-state index contributed by atoms with van der Waals surface area (Å²) in [4.78, 5) is 15.8. The predicted octanol–water partition coefficient (Wildman–Crippen LogP) is 4.68. The van der Waals surface area contributed by atoms with E-state index in [2.05, 4.69) is 31.4 Å². The van der Waals surface area contributed by atoms with E-state index in [1.807, 2.05) is 54.6 Å². The number of aromatic nitrogens is 1. The third-order valence-electron chi connectivity index (χ3n) is 4.95. The second-order valence-corrected chi connectivity index (χ2v) is 7.09. The van der Waals surface area contributed by atoms with Gasteiger partial charge < -0.3 is 5.32 Å². The van der Waals surface area contributed by atoms with E-state index in [1.54, 1.807) is 0 Å². The average molecular weight is 360 g/mol. The lowest BCUT2D eigenvalue weighted by molar-refractivity contribution is -0.108. The number of carbonyl (C=O) groups excluding carboxylic acids is 1. The van der Waals surface area contributed by atoms with Gasteiger partial charge in [0.15, 0.2) is 5.96 Å². The number of guanidine groups is 1. The number of anilines is 1. The van der Waals surface area contributed by atoms with E-state index < -0.39 is 0 Å². The van der Waals surface area contributed by atoms with Gasteiger partial charge in [0.2, 0.25) is 6.41 Å². The summed E-state index contributed by atoms with van der Waals surface area (Å²) in [6.45, 7) is 6.49. The van der Waals surface area contributed by atoms with Crippen molar-refractivity contribution in [2.24, 2.45) is 0 Å². The second kappa shape index (κ2) is 7.58. The van der Waals surface area contributed by atoms with Crippen molar-refractivity contribution in [2.75, 3.05) is 5.32 Å². The summed E-state index contributed by atoms with van der Waals surface area (Å²) < 4.78 is 0. The van der Waals surface area contributed by atoms with Crippen LogP contribution in [0, 0.1) is 5.41 Å². The maximum atomic E-state index is 10.8. The zero-order valence-electron chi connectivity index (χ0n) is 15.8. The molecule has 0 saturated carbocycles. The first kappa shape index (κ1) is 18.6. The summed E-state index contributed by atoms with van der Waals surface area (Å²) in [6.07, 6.45) is 1.40. The Kier molecular flexibility index (Phi) is 5.21. The van der Waals surface area contributed by atoms with E-state index >= 15 is 0 Å². The predicted molar refractivity (Wildman–Crippen MR) is 111 cm³/mol. The topological polar surface area (TPSA) is 77.9 Å². The third-order valence-corrected chi connectivity index (χ3v) is 4.95. The number of pyridine rings is 1. The van der Waals surface area contributed by atoms with Crippen molar-refractivity contribution in [2.45, 2.75) is 32.6 Å². The minimum Gasteiger partial charge on any atom is -0.325 e. The minimum atomic E-state index is -0.188. The monoisotopic (exact) mass is 360 g/mol. The number of para-hydroxylation sites is 1. The van der Waals surface area contributed by atoms with Gasteiger partial charge in [-0.15, -0.1) is 0 Å². The van der Waals surface area contributed by atoms with Crippen molar-refractivity contribution in [3.8, 4) is 11.3 Å². The van der Waals surface area contributed by atoms with Crippen molar-refractivity contribution in [3.05, 3.63) is 60.2 Å². The van der Waals surface area contributed by atoms with Crippen LogP contribution in [0.1, 0.15) is 32.8 Å². The molecule has 3 aromatic rings. The van der Waals surface area contributed by atoms with Crippen molar-refractivity contribution in [1.29, 1.82) is 5.41 Å². The Balaban J connectivity index is 2.38. The fourth-order valence-corrected chi connectivity index (χ4v) is 3.20. The quantitative estimate of drug-likeness (QED) is 0.351. The summed E-state index contributed by atoms with van der Waals surface area (Å²) in [5, 5.41) is 14.5. The maximum absolute atomic E-state index is 10.8. The highest BCUT2D eigenvalue weighted by Crippen LogP contribution is 2.42. The molecule has 5 heteroatoms. The van der Waals surface area contributed by atoms with Crippen LogP contribution in [0.2, 0.25) is 0 Å². The number of carbonyl (C=O) groups is 1. The fourth-order valence-electron chi connectivity index (χ4n) is 3.20. The molecular formula is C22H24N4O. The normalized spacial score (nSPS) is 11.2. The zero-order valence-corrected chi connectivity index (χ0v) is 15.8. The molecule has 1 heterocycles. The summed E-state index contributed by atoms with van der Waals surface area (Å²) in [7, 11) is 0. The van der Waals surface area contributed by atoms with Crippen LogP contribution in [0.15, 0.2) is 54.6 Å². The number of nitrogens with one attached hydrogen (secondary N) is 3. The molecule has 0 aliphatic rings. The molecule has 0 atom stereocenters. The minimum absolute atomic E-state index is 0.0616. The number of nitrogens with zero attached hydrogens (tertiary/aromatic N) is 1. The molecular weight excluding hydrogens is 336 g/mol. The smallest absolute Gasteiger partial charge is 0.213 e. The first-order chi connectivity index (χ1) is 13.0. The van der Waals surface area contributed by atoms with Crippen LogP contribution in [-0.4, -0.2) is 17.4 Å². The van der Waals surface area contributed by atoms with E-state index in [0.717, 1.165) is 39.8 Å². The molecule has 3 N–H and O–H groups in total. The number of hydrogen-bond donors (Lipinski definition) is 3. The molecule has 0 aliphatic carbocycles. The lowest BCUT2D eigenvalue weighted by Crippen LogP contribution is -2.30. The molecule has 0 radical (unpaired) electrons. The highest BCUT2D eigenvalue weighted by atomic mass is 16.1. The molecule has 0 aliphatic heterocycles. The van der Waals surface area contributed by atoms with Gasteiger partial charge in [-0.3, -0.25) is 15.5 Å². The van der Waals surface area contributed by atoms with Crippen molar-refractivity contribution < 1.29 is 4.79 Å². The van der Waals surface area contributed by atoms with Crippen molar-refractivity contribution >= 4 is 29.0 Å². The number of hydrogen-bond acceptors (Lipinski definition) is 3. The first-order valence-electron chi connectivity index (χ1n) is 9.02. The molecule has 27 heavy (non-hydrogen) atoms. The number of rotatable bonds is 5. The van der Waals surface area contributed by atoms with Gasteiger partial charge in [-0.05, 0) is 17.9 Å². The molecule has 0 unspecified atom stereocenters. The highest BCUT2D eigenvalue weighted by molar-refractivity contribution is 6.06. The van der Waals surface area contributed by atoms with Crippen LogP contribution in [0.25, 0.3) is 22.2 Å². The van der Waals surface area contributed by atoms with Gasteiger partial charge >= 0.3 is 0 Å². The maximum Gasteiger partial charge on any atom is 0.213 e. The molecule has 0 fully saturated rings. The molecule has 1 amide bonds. The lowest BCUT2D eigenvalue weighted by Gasteiger charge is -2.30. The van der Waals surface area contributed by atoms with Crippen LogP contribution in [0.5, 0.6) is 0 Å². The first-order valence-corrected chi connectivity index (χ1v) is 9.02. The molecule has 3 rings (SSSR count). The van der Waals surface area contributed by atoms with Gasteiger partial charge in [-0.25, -0.2) is 4.98 Å². The number of benzene rings is 2. The molecule has 5 nitrogen and oxygen atoms in total. The second-order valence-electron chi connectivity index (χ2n) is 7.09. The molecule has 0 bridgehead atoms. The molecule has 138 valence electrons. The summed E-state index contributed by atoms with van der Waals surface area (Å²) >= 11 is 0. The van der Waals surface area contributed by atoms with Crippen molar-refractivity contribution in [1.82, 2.24) is 10.3 Å². The van der Waals surface area contributed by atoms with Gasteiger partial charge in [-0.2, -0.15) is 0 Å². The summed E-state index contributed by atoms with van der Waals surface area (Å²) in [5.41, 5.74) is 4.41. The van der Waals surface area contributed by atoms with E-state index in [1.165, 1.54) is 0 Å². The van der Waals surface area contributed by atoms with Gasteiger partial charge in [0.25, 0.3) is 0 Å². The number of amides is 1. The standard InChI is InChI=1S/C22H24N4O/c1-4-22(2,3)18-19(15-10-6-5-7-11-15)25-17-13-9-8-12-16(17)20(18)26-21(23)24-14-27/h5-14H,4H2,1-3H3,(H3,23,24,25,26,27). The van der Waals surface area contributed by atoms with E-state index in [0.29, 0.717) is 6.41 Å². The van der Waals surface area contributed by atoms with E-state index in [9.17, 15) is 4.79 Å². The average Bonchev–Trinajstić information content (AvgIpc) is 2.68. The Bertz CT molecular complexity index is 980. The van der Waals surface area contributed by atoms with Crippen LogP contribution < -0.4 is 10.6 Å². The summed E-state index contributed by atoms with van der Waals surface area (Å²) in [6, 6.07) is 17.9. The molecule has 0 saturated heterocycles. The molecule has 0 spiro atoms. The van der Waals surface area contributed by atoms with Crippen LogP contribution in [0.3, 0.4) is 0 Å². The van der Waals surface area contributed by atoms with Gasteiger partial charge in [0, 0.05) is 16.5 Å². The zero-order chi connectivity index (χ0) is 19.4. The lowest BCUT2D eigenvalue weighted by atomic mass is 9.78. The Morgan fingerprint density at radius 3 is 2.44 bits per heavy atom. The van der Waals surface area contributed by atoms with Crippen molar-refractivity contribution in [3.63, 3.8) is 0 Å². The third kappa shape index (κ3) is 3.67. The molecule has 1 aromatic heterocycles. The van der Waals surface area contributed by atoms with E-state index in [4.69, 9.17) is 10.4 Å². The SMILES string of the molecule is CCC(C)(C)c1c(-c2ccccc2)nc2ccccc2c1NC(=N)NC=O. The van der Waals surface area contributed by atoms with Crippen LogP contribution >= 0.6 is 0 Å². The summed E-state index contributed by atoms with van der Waals surface area (Å²) in [5.74, 6) is -0.0616. The highest BCUT2D eigenvalue weighted by Gasteiger charge is 2.29. The van der Waals surface area contributed by atoms with Crippen LogP contribution in [-0.2, 0) is 10.2 Å².